The summed E-state index contributed by atoms with van der Waals surface area (Å²) in [6.45, 7) is 4.26. The van der Waals surface area contributed by atoms with Gasteiger partial charge in [-0.2, -0.15) is 4.99 Å². The number of aryl methyl sites for hydroxylation is 1. The van der Waals surface area contributed by atoms with E-state index in [1.54, 1.807) is 30.5 Å². The van der Waals surface area contributed by atoms with Crippen LogP contribution >= 0.6 is 0 Å². The van der Waals surface area contributed by atoms with Gasteiger partial charge in [0.25, 0.3) is 5.56 Å². The first kappa shape index (κ1) is 22.0. The Morgan fingerprint density at radius 1 is 1.35 bits per heavy atom. The summed E-state index contributed by atoms with van der Waals surface area (Å²) in [4.78, 5) is 43.9. The quantitative estimate of drug-likeness (QED) is 0.388. The Bertz CT molecular complexity index is 1060. The van der Waals surface area contributed by atoms with Crippen LogP contribution < -0.4 is 21.9 Å². The lowest BCUT2D eigenvalue weighted by molar-refractivity contribution is -0.124. The number of nitrogens with one attached hydrogen (secondary N) is 2. The van der Waals surface area contributed by atoms with Gasteiger partial charge in [0.2, 0.25) is 5.91 Å². The van der Waals surface area contributed by atoms with Crippen LogP contribution in [0.25, 0.3) is 0 Å². The second kappa shape index (κ2) is 9.41. The van der Waals surface area contributed by atoms with Crippen molar-refractivity contribution in [2.45, 2.75) is 51.7 Å². The molecule has 1 aromatic heterocycles. The van der Waals surface area contributed by atoms with Crippen LogP contribution in [0, 0.1) is 0 Å². The molecule has 2 unspecified atom stereocenters. The number of hydrogen-bond donors (Lipinski definition) is 4. The number of benzene rings is 1. The third kappa shape index (κ3) is 5.08. The summed E-state index contributed by atoms with van der Waals surface area (Å²) in [7, 11) is 0. The predicted molar refractivity (Wildman–Crippen MR) is 116 cm³/mol. The highest BCUT2D eigenvalue weighted by molar-refractivity contribution is 6.02. The topological polar surface area (TPSA) is 152 Å². The molecule has 0 bridgehead atoms. The number of amidine groups is 1. The standard InChI is InChI=1S/C21H26N6O4/c1-3-12(2)25-15-11-23-17-9-8-16(27(17)20(15)29)19(28)24-10-13-4-6-14(7-5-13)18(22)26-21(30)31/h4-7,11-12,16,25H,3,8-10H2,1-2H3,(H2,22,26)(H,24,28)(H,30,31). The molecule has 0 radical (unpaired) electrons. The third-order valence-electron chi connectivity index (χ3n) is 5.27. The predicted octanol–water partition coefficient (Wildman–Crippen LogP) is 1.64. The highest BCUT2D eigenvalue weighted by atomic mass is 16.4. The number of carbonyl (C=O) groups excluding carboxylic acids is 1. The fourth-order valence-corrected chi connectivity index (χ4v) is 3.39. The summed E-state index contributed by atoms with van der Waals surface area (Å²) in [5.74, 6) is 0.260. The van der Waals surface area contributed by atoms with Crippen molar-refractivity contribution in [1.29, 1.82) is 0 Å². The molecule has 0 saturated carbocycles. The zero-order valence-corrected chi connectivity index (χ0v) is 17.5. The minimum Gasteiger partial charge on any atom is -0.463 e. The average Bonchev–Trinajstić information content (AvgIpc) is 3.18. The van der Waals surface area contributed by atoms with Crippen LogP contribution in [0.5, 0.6) is 0 Å². The molecule has 1 aliphatic heterocycles. The number of aliphatic imine (C=N–C) groups is 1. The second-order valence-electron chi connectivity index (χ2n) is 7.47. The molecule has 164 valence electrons. The van der Waals surface area contributed by atoms with E-state index in [-0.39, 0.29) is 29.9 Å². The van der Waals surface area contributed by atoms with Gasteiger partial charge in [-0.3, -0.25) is 14.2 Å². The fraction of sp³-hybridized carbons (Fsp3) is 0.381. The lowest BCUT2D eigenvalue weighted by Crippen LogP contribution is -2.36. The van der Waals surface area contributed by atoms with Crippen LogP contribution in [0.3, 0.4) is 0 Å². The molecule has 1 aromatic carbocycles. The number of rotatable bonds is 7. The molecule has 2 aromatic rings. The van der Waals surface area contributed by atoms with Crippen molar-refractivity contribution >= 4 is 23.5 Å². The van der Waals surface area contributed by atoms with E-state index in [1.807, 2.05) is 13.8 Å². The number of carboxylic acid groups (broad SMARTS) is 1. The number of carbonyl (C=O) groups is 2. The number of hydrogen-bond acceptors (Lipinski definition) is 5. The highest BCUT2D eigenvalue weighted by Crippen LogP contribution is 2.23. The maximum Gasteiger partial charge on any atom is 0.433 e. The summed E-state index contributed by atoms with van der Waals surface area (Å²) >= 11 is 0. The first-order valence-electron chi connectivity index (χ1n) is 10.1. The molecule has 31 heavy (non-hydrogen) atoms. The van der Waals surface area contributed by atoms with Crippen LogP contribution in [0.4, 0.5) is 10.5 Å². The molecule has 0 aliphatic carbocycles. The molecule has 0 saturated heterocycles. The lowest BCUT2D eigenvalue weighted by atomic mass is 10.1. The molecular weight excluding hydrogens is 400 g/mol. The third-order valence-corrected chi connectivity index (χ3v) is 5.27. The van der Waals surface area contributed by atoms with E-state index >= 15 is 0 Å². The summed E-state index contributed by atoms with van der Waals surface area (Å²) in [6, 6.07) is 6.24. The van der Waals surface area contributed by atoms with Gasteiger partial charge in [0.15, 0.2) is 0 Å². The van der Waals surface area contributed by atoms with E-state index in [1.165, 1.54) is 4.57 Å². The van der Waals surface area contributed by atoms with Gasteiger partial charge in [-0.05, 0) is 25.3 Å². The molecule has 10 heteroatoms. The van der Waals surface area contributed by atoms with Gasteiger partial charge in [0.05, 0.1) is 6.20 Å². The molecule has 10 nitrogen and oxygen atoms in total. The number of aromatic nitrogens is 2. The number of nitrogens with two attached hydrogens (primary N) is 1. The highest BCUT2D eigenvalue weighted by Gasteiger charge is 2.31. The van der Waals surface area contributed by atoms with Crippen LogP contribution in [-0.2, 0) is 17.8 Å². The van der Waals surface area contributed by atoms with Gasteiger partial charge >= 0.3 is 6.09 Å². The Morgan fingerprint density at radius 3 is 2.71 bits per heavy atom. The van der Waals surface area contributed by atoms with E-state index in [2.05, 4.69) is 20.6 Å². The van der Waals surface area contributed by atoms with Crippen molar-refractivity contribution in [2.75, 3.05) is 5.32 Å². The number of nitrogens with zero attached hydrogens (tertiary/aromatic N) is 3. The number of amides is 2. The van der Waals surface area contributed by atoms with Crippen molar-refractivity contribution in [3.05, 3.63) is 57.8 Å². The summed E-state index contributed by atoms with van der Waals surface area (Å²) < 4.78 is 1.48. The van der Waals surface area contributed by atoms with Gasteiger partial charge in [-0.15, -0.1) is 0 Å². The SMILES string of the molecule is CCC(C)Nc1cnc2n(c1=O)C(C(=O)NCc1ccc(/C(N)=N\C(=O)O)cc1)CC2. The maximum atomic E-state index is 12.9. The molecule has 0 fully saturated rings. The van der Waals surface area contributed by atoms with Crippen molar-refractivity contribution in [3.63, 3.8) is 0 Å². The Balaban J connectivity index is 1.69. The van der Waals surface area contributed by atoms with Crippen molar-refractivity contribution in [1.82, 2.24) is 14.9 Å². The van der Waals surface area contributed by atoms with Crippen LogP contribution in [-0.4, -0.2) is 38.5 Å². The van der Waals surface area contributed by atoms with E-state index in [4.69, 9.17) is 10.8 Å². The van der Waals surface area contributed by atoms with Crippen molar-refractivity contribution < 1.29 is 14.7 Å². The number of anilines is 1. The van der Waals surface area contributed by atoms with Gasteiger partial charge in [-0.1, -0.05) is 31.2 Å². The van der Waals surface area contributed by atoms with Gasteiger partial charge in [0.1, 0.15) is 23.4 Å². The minimum absolute atomic E-state index is 0.0978. The monoisotopic (exact) mass is 426 g/mol. The van der Waals surface area contributed by atoms with Crippen LogP contribution in [0.2, 0.25) is 0 Å². The maximum absolute atomic E-state index is 12.9. The van der Waals surface area contributed by atoms with E-state index in [9.17, 15) is 14.4 Å². The molecule has 2 amide bonds. The Kier molecular flexibility index (Phi) is 6.68. The molecule has 3 rings (SSSR count). The van der Waals surface area contributed by atoms with Crippen LogP contribution in [0.15, 0.2) is 40.2 Å². The van der Waals surface area contributed by atoms with Gasteiger partial charge < -0.3 is 21.5 Å². The zero-order chi connectivity index (χ0) is 22.5. The normalized spacial score (nSPS) is 16.5. The van der Waals surface area contributed by atoms with E-state index in [0.29, 0.717) is 29.9 Å². The Morgan fingerprint density at radius 2 is 2.06 bits per heavy atom. The van der Waals surface area contributed by atoms with Gasteiger partial charge in [-0.25, -0.2) is 9.78 Å². The minimum atomic E-state index is -1.36. The number of fused-ring (bicyclic) bond motifs is 1. The molecule has 0 spiro atoms. The molecular formula is C21H26N6O4. The second-order valence-corrected chi connectivity index (χ2v) is 7.47. The van der Waals surface area contributed by atoms with E-state index < -0.39 is 12.1 Å². The largest absolute Gasteiger partial charge is 0.463 e. The zero-order valence-electron chi connectivity index (χ0n) is 17.5. The molecule has 2 atom stereocenters. The summed E-state index contributed by atoms with van der Waals surface area (Å²) in [6.07, 6.45) is 2.12. The Labute approximate surface area is 179 Å². The summed E-state index contributed by atoms with van der Waals surface area (Å²) in [5.41, 5.74) is 7.05. The lowest BCUT2D eigenvalue weighted by Gasteiger charge is -2.17. The van der Waals surface area contributed by atoms with Crippen molar-refractivity contribution in [2.24, 2.45) is 10.7 Å². The smallest absolute Gasteiger partial charge is 0.433 e. The molecule has 5 N–H and O–H groups in total. The fourth-order valence-electron chi connectivity index (χ4n) is 3.39. The Hall–Kier alpha value is -3.69. The van der Waals surface area contributed by atoms with Crippen molar-refractivity contribution in [3.8, 4) is 0 Å². The first-order chi connectivity index (χ1) is 14.8. The molecule has 1 aliphatic rings. The average molecular weight is 426 g/mol. The van der Waals surface area contributed by atoms with Gasteiger partial charge in [0, 0.05) is 24.6 Å². The molecule has 2 heterocycles. The van der Waals surface area contributed by atoms with Crippen LogP contribution in [0.1, 0.15) is 49.7 Å². The van der Waals surface area contributed by atoms with E-state index in [0.717, 1.165) is 12.0 Å². The summed E-state index contributed by atoms with van der Waals surface area (Å²) in [5, 5.41) is 14.7. The first-order valence-corrected chi connectivity index (χ1v) is 10.1.